The molecule has 0 spiro atoms. The van der Waals surface area contributed by atoms with Gasteiger partial charge in [-0.2, -0.15) is 0 Å². The van der Waals surface area contributed by atoms with E-state index in [2.05, 4.69) is 4.99 Å². The van der Waals surface area contributed by atoms with Gasteiger partial charge in [0.15, 0.2) is 5.96 Å². The first-order valence-electron chi connectivity index (χ1n) is 6.07. The Labute approximate surface area is 104 Å². The average molecular weight is 251 g/mol. The molecule has 0 saturated heterocycles. The van der Waals surface area contributed by atoms with Crippen molar-refractivity contribution in [2.75, 3.05) is 6.54 Å². The maximum Gasteiger partial charge on any atom is 0.192 e. The van der Waals surface area contributed by atoms with Gasteiger partial charge in [0.25, 0.3) is 0 Å². The highest BCUT2D eigenvalue weighted by atomic mass is 19.1. The highest BCUT2D eigenvalue weighted by Crippen LogP contribution is 2.42. The quantitative estimate of drug-likeness (QED) is 0.873. The largest absolute Gasteiger partial charge is 0.370 e. The van der Waals surface area contributed by atoms with Crippen molar-refractivity contribution >= 4 is 5.96 Å². The van der Waals surface area contributed by atoms with Crippen molar-refractivity contribution < 1.29 is 8.78 Å². The van der Waals surface area contributed by atoms with Crippen molar-refractivity contribution in [2.45, 2.75) is 31.3 Å². The number of hydrogen-bond donors (Lipinski definition) is 1. The molecule has 96 valence electrons. The Morgan fingerprint density at radius 2 is 2.11 bits per heavy atom. The van der Waals surface area contributed by atoms with Crippen LogP contribution in [0.1, 0.15) is 25.3 Å². The molecule has 1 aromatic rings. The molecule has 3 nitrogen and oxygen atoms in total. The topological polar surface area (TPSA) is 41.6 Å². The molecule has 2 aliphatic rings. The fraction of sp³-hybridized carbons (Fsp3) is 0.462. The molecule has 2 N–H and O–H groups in total. The maximum absolute atomic E-state index is 14.0. The van der Waals surface area contributed by atoms with Crippen molar-refractivity contribution in [1.29, 1.82) is 0 Å². The van der Waals surface area contributed by atoms with Crippen LogP contribution in [0.4, 0.5) is 8.78 Å². The first kappa shape index (κ1) is 11.4. The van der Waals surface area contributed by atoms with Crippen molar-refractivity contribution in [2.24, 2.45) is 10.7 Å². The summed E-state index contributed by atoms with van der Waals surface area (Å²) in [7, 11) is 0. The first-order valence-corrected chi connectivity index (χ1v) is 6.07. The standard InChI is InChI=1S/C13H15F2N3/c1-13(10-6-8(14)2-5-11(10)15)7-17-12(16)18(13)9-3-4-9/h2,5-6,9H,3-4,7H2,1H3,(H2,16,17). The number of benzene rings is 1. The molecule has 1 fully saturated rings. The molecule has 5 heteroatoms. The molecule has 1 aliphatic carbocycles. The third kappa shape index (κ3) is 1.57. The molecule has 0 radical (unpaired) electrons. The Morgan fingerprint density at radius 1 is 1.39 bits per heavy atom. The Morgan fingerprint density at radius 3 is 2.78 bits per heavy atom. The number of hydrogen-bond acceptors (Lipinski definition) is 3. The summed E-state index contributed by atoms with van der Waals surface area (Å²) in [5.41, 5.74) is 5.54. The van der Waals surface area contributed by atoms with Crippen LogP contribution in [-0.2, 0) is 5.54 Å². The molecule has 0 bridgehead atoms. The van der Waals surface area contributed by atoms with Crippen LogP contribution in [0.25, 0.3) is 0 Å². The van der Waals surface area contributed by atoms with Gasteiger partial charge >= 0.3 is 0 Å². The molecule has 1 saturated carbocycles. The molecule has 1 aliphatic heterocycles. The summed E-state index contributed by atoms with van der Waals surface area (Å²) in [5, 5.41) is 0. The van der Waals surface area contributed by atoms with Crippen LogP contribution in [0.5, 0.6) is 0 Å². The second-order valence-corrected chi connectivity index (χ2v) is 5.17. The van der Waals surface area contributed by atoms with Gasteiger partial charge in [0.05, 0.1) is 12.1 Å². The van der Waals surface area contributed by atoms with Crippen molar-refractivity contribution in [3.05, 3.63) is 35.4 Å². The lowest BCUT2D eigenvalue weighted by molar-refractivity contribution is 0.209. The van der Waals surface area contributed by atoms with E-state index in [1.165, 1.54) is 6.07 Å². The summed E-state index contributed by atoms with van der Waals surface area (Å²) >= 11 is 0. The second kappa shape index (κ2) is 3.67. The van der Waals surface area contributed by atoms with Crippen LogP contribution in [0.15, 0.2) is 23.2 Å². The first-order chi connectivity index (χ1) is 8.52. The zero-order chi connectivity index (χ0) is 12.9. The predicted molar refractivity (Wildman–Crippen MR) is 65.1 cm³/mol. The Balaban J connectivity index is 2.06. The molecular weight excluding hydrogens is 236 g/mol. The number of guanidine groups is 1. The van der Waals surface area contributed by atoms with Crippen LogP contribution in [0, 0.1) is 11.6 Å². The fourth-order valence-corrected chi connectivity index (χ4v) is 2.69. The summed E-state index contributed by atoms with van der Waals surface area (Å²) in [6.07, 6.45) is 2.06. The predicted octanol–water partition coefficient (Wildman–Crippen LogP) is 1.97. The lowest BCUT2D eigenvalue weighted by Gasteiger charge is -2.37. The van der Waals surface area contributed by atoms with Gasteiger partial charge in [0, 0.05) is 11.6 Å². The summed E-state index contributed by atoms with van der Waals surface area (Å²) < 4.78 is 27.3. The molecule has 1 heterocycles. The molecule has 3 rings (SSSR count). The van der Waals surface area contributed by atoms with E-state index in [4.69, 9.17) is 5.73 Å². The van der Waals surface area contributed by atoms with E-state index in [0.717, 1.165) is 25.0 Å². The van der Waals surface area contributed by atoms with Gasteiger partial charge in [-0.05, 0) is 38.0 Å². The van der Waals surface area contributed by atoms with E-state index in [0.29, 0.717) is 24.1 Å². The van der Waals surface area contributed by atoms with Crippen LogP contribution >= 0.6 is 0 Å². The smallest absolute Gasteiger partial charge is 0.192 e. The number of rotatable bonds is 2. The molecule has 18 heavy (non-hydrogen) atoms. The summed E-state index contributed by atoms with van der Waals surface area (Å²) in [6.45, 7) is 2.24. The van der Waals surface area contributed by atoms with Gasteiger partial charge in [0.2, 0.25) is 0 Å². The number of nitrogens with two attached hydrogens (primary N) is 1. The molecule has 1 atom stereocenters. The van der Waals surface area contributed by atoms with Crippen molar-refractivity contribution in [3.63, 3.8) is 0 Å². The summed E-state index contributed by atoms with van der Waals surface area (Å²) in [5.74, 6) is -0.410. The van der Waals surface area contributed by atoms with E-state index < -0.39 is 17.2 Å². The second-order valence-electron chi connectivity index (χ2n) is 5.17. The molecule has 0 aromatic heterocycles. The third-order valence-corrected chi connectivity index (χ3v) is 3.75. The Kier molecular flexibility index (Phi) is 2.33. The average Bonchev–Trinajstić information content (AvgIpc) is 3.10. The lowest BCUT2D eigenvalue weighted by atomic mass is 9.90. The van der Waals surface area contributed by atoms with Gasteiger partial charge in [-0.1, -0.05) is 0 Å². The van der Waals surface area contributed by atoms with Gasteiger partial charge in [-0.15, -0.1) is 0 Å². The highest BCUT2D eigenvalue weighted by Gasteiger charge is 2.48. The van der Waals surface area contributed by atoms with Gasteiger partial charge in [-0.25, -0.2) is 8.78 Å². The summed E-state index contributed by atoms with van der Waals surface area (Å²) in [6, 6.07) is 3.85. The minimum absolute atomic E-state index is 0.309. The number of nitrogens with zero attached hydrogens (tertiary/aromatic N) is 2. The molecule has 0 amide bonds. The summed E-state index contributed by atoms with van der Waals surface area (Å²) in [4.78, 5) is 6.15. The third-order valence-electron chi connectivity index (χ3n) is 3.75. The number of aliphatic imine (C=N–C) groups is 1. The molecule has 1 unspecified atom stereocenters. The van der Waals surface area contributed by atoms with Crippen LogP contribution in [0.2, 0.25) is 0 Å². The van der Waals surface area contributed by atoms with Crippen molar-refractivity contribution in [1.82, 2.24) is 4.90 Å². The van der Waals surface area contributed by atoms with Gasteiger partial charge in [0.1, 0.15) is 11.6 Å². The minimum atomic E-state index is -0.669. The SMILES string of the molecule is CC1(c2cc(F)ccc2F)CN=C(N)N1C1CC1. The molecule has 1 aromatic carbocycles. The van der Waals surface area contributed by atoms with Crippen molar-refractivity contribution in [3.8, 4) is 0 Å². The van der Waals surface area contributed by atoms with E-state index in [1.54, 1.807) is 0 Å². The van der Waals surface area contributed by atoms with E-state index in [9.17, 15) is 8.78 Å². The number of halogens is 2. The van der Waals surface area contributed by atoms with Crippen LogP contribution in [0.3, 0.4) is 0 Å². The normalized spacial score (nSPS) is 27.5. The monoisotopic (exact) mass is 251 g/mol. The minimum Gasteiger partial charge on any atom is -0.370 e. The zero-order valence-electron chi connectivity index (χ0n) is 10.2. The van der Waals surface area contributed by atoms with Gasteiger partial charge in [-0.3, -0.25) is 4.99 Å². The van der Waals surface area contributed by atoms with Crippen LogP contribution in [-0.4, -0.2) is 23.4 Å². The van der Waals surface area contributed by atoms with E-state index in [-0.39, 0.29) is 0 Å². The van der Waals surface area contributed by atoms with E-state index in [1.807, 2.05) is 11.8 Å². The Bertz CT molecular complexity index is 525. The lowest BCUT2D eigenvalue weighted by Crippen LogP contribution is -2.49. The van der Waals surface area contributed by atoms with Gasteiger partial charge < -0.3 is 10.6 Å². The Hall–Kier alpha value is -1.65. The molecular formula is C13H15F2N3. The fourth-order valence-electron chi connectivity index (χ4n) is 2.69. The maximum atomic E-state index is 14.0. The van der Waals surface area contributed by atoms with Crippen LogP contribution < -0.4 is 5.73 Å². The zero-order valence-corrected chi connectivity index (χ0v) is 10.2. The highest BCUT2D eigenvalue weighted by molar-refractivity contribution is 5.82. The van der Waals surface area contributed by atoms with E-state index >= 15 is 0 Å².